The van der Waals surface area contributed by atoms with Crippen LogP contribution < -0.4 is 10.6 Å². The molecule has 1 aromatic carbocycles. The molecule has 0 aliphatic rings. The van der Waals surface area contributed by atoms with Gasteiger partial charge in [0.1, 0.15) is 5.82 Å². The highest BCUT2D eigenvalue weighted by Gasteiger charge is 2.08. The zero-order chi connectivity index (χ0) is 12.4. The van der Waals surface area contributed by atoms with Gasteiger partial charge in [-0.1, -0.05) is 0 Å². The van der Waals surface area contributed by atoms with Crippen molar-refractivity contribution in [3.05, 3.63) is 29.8 Å². The summed E-state index contributed by atoms with van der Waals surface area (Å²) in [5.41, 5.74) is 8.78. The molecule has 2 N–H and O–H groups in total. The number of pyridine rings is 1. The van der Waals surface area contributed by atoms with Crippen molar-refractivity contribution in [2.24, 2.45) is 0 Å². The maximum atomic E-state index is 5.79. The van der Waals surface area contributed by atoms with Crippen LogP contribution in [0, 0.1) is 6.92 Å². The van der Waals surface area contributed by atoms with Gasteiger partial charge < -0.3 is 10.6 Å². The largest absolute Gasteiger partial charge is 0.399 e. The van der Waals surface area contributed by atoms with Crippen LogP contribution in [0.15, 0.2) is 24.3 Å². The van der Waals surface area contributed by atoms with E-state index >= 15 is 0 Å². The Morgan fingerprint density at radius 2 is 1.88 bits per heavy atom. The second kappa shape index (κ2) is 4.62. The van der Waals surface area contributed by atoms with Gasteiger partial charge in [0.05, 0.1) is 5.52 Å². The summed E-state index contributed by atoms with van der Waals surface area (Å²) in [5.74, 6) is 1.08. The van der Waals surface area contributed by atoms with Crippen molar-refractivity contribution in [2.45, 2.75) is 20.8 Å². The van der Waals surface area contributed by atoms with Gasteiger partial charge in [0.2, 0.25) is 0 Å². The minimum absolute atomic E-state index is 0.786. The van der Waals surface area contributed by atoms with Crippen molar-refractivity contribution in [3.63, 3.8) is 0 Å². The normalized spacial score (nSPS) is 10.8. The summed E-state index contributed by atoms with van der Waals surface area (Å²) in [6.45, 7) is 8.36. The van der Waals surface area contributed by atoms with Gasteiger partial charge in [-0.15, -0.1) is 0 Å². The summed E-state index contributed by atoms with van der Waals surface area (Å²) in [6.07, 6.45) is 0. The van der Waals surface area contributed by atoms with Gasteiger partial charge >= 0.3 is 0 Å². The van der Waals surface area contributed by atoms with Crippen LogP contribution in [-0.2, 0) is 0 Å². The molecule has 2 aromatic rings. The lowest BCUT2D eigenvalue weighted by atomic mass is 10.1. The summed E-state index contributed by atoms with van der Waals surface area (Å²) in [7, 11) is 0. The lowest BCUT2D eigenvalue weighted by Crippen LogP contribution is -2.23. The molecule has 0 fully saturated rings. The van der Waals surface area contributed by atoms with Crippen LogP contribution in [-0.4, -0.2) is 18.1 Å². The maximum absolute atomic E-state index is 5.79. The first-order valence-corrected chi connectivity index (χ1v) is 6.07. The number of hydrogen-bond acceptors (Lipinski definition) is 3. The number of aryl methyl sites for hydroxylation is 1. The average Bonchev–Trinajstić information content (AvgIpc) is 2.31. The summed E-state index contributed by atoms with van der Waals surface area (Å²) in [6, 6.07) is 8.02. The van der Waals surface area contributed by atoms with E-state index in [0.29, 0.717) is 0 Å². The number of benzene rings is 1. The third-order valence-corrected chi connectivity index (χ3v) is 3.07. The predicted octanol–water partition coefficient (Wildman–Crippen LogP) is 2.97. The highest BCUT2D eigenvalue weighted by molar-refractivity contribution is 5.84. The first-order chi connectivity index (χ1) is 8.15. The van der Waals surface area contributed by atoms with E-state index < -0.39 is 0 Å². The molecule has 0 bridgehead atoms. The molecule has 0 aliphatic carbocycles. The number of nitrogens with zero attached hydrogens (tertiary/aromatic N) is 2. The number of rotatable bonds is 3. The average molecular weight is 229 g/mol. The van der Waals surface area contributed by atoms with E-state index in [2.05, 4.69) is 31.7 Å². The molecule has 2 rings (SSSR count). The predicted molar refractivity (Wildman–Crippen MR) is 74.5 cm³/mol. The van der Waals surface area contributed by atoms with Gasteiger partial charge in [-0.3, -0.25) is 0 Å². The minimum Gasteiger partial charge on any atom is -0.399 e. The van der Waals surface area contributed by atoms with Crippen LogP contribution >= 0.6 is 0 Å². The number of hydrogen-bond donors (Lipinski definition) is 1. The molecule has 1 aromatic heterocycles. The van der Waals surface area contributed by atoms with Crippen LogP contribution in [0.5, 0.6) is 0 Å². The van der Waals surface area contributed by atoms with E-state index in [0.717, 1.165) is 35.5 Å². The number of aromatic nitrogens is 1. The molecule has 0 atom stereocenters. The summed E-state index contributed by atoms with van der Waals surface area (Å²) in [5, 5.41) is 1.11. The van der Waals surface area contributed by atoms with Crippen molar-refractivity contribution in [2.75, 3.05) is 23.7 Å². The highest BCUT2D eigenvalue weighted by Crippen LogP contribution is 2.24. The van der Waals surface area contributed by atoms with Crippen molar-refractivity contribution in [3.8, 4) is 0 Å². The standard InChI is InChI=1S/C14H19N3/c1-4-17(5-2)14-10(3)8-11-9-12(15)6-7-13(11)16-14/h6-9H,4-5,15H2,1-3H3. The van der Waals surface area contributed by atoms with Crippen LogP contribution in [0.4, 0.5) is 11.5 Å². The molecule has 1 heterocycles. The Bertz CT molecular complexity index is 530. The smallest absolute Gasteiger partial charge is 0.132 e. The van der Waals surface area contributed by atoms with E-state index in [4.69, 9.17) is 10.7 Å². The van der Waals surface area contributed by atoms with Crippen LogP contribution in [0.3, 0.4) is 0 Å². The van der Waals surface area contributed by atoms with E-state index in [1.54, 1.807) is 0 Å². The number of anilines is 2. The molecular weight excluding hydrogens is 210 g/mol. The molecule has 3 nitrogen and oxygen atoms in total. The van der Waals surface area contributed by atoms with Crippen molar-refractivity contribution in [1.82, 2.24) is 4.98 Å². The number of fused-ring (bicyclic) bond motifs is 1. The third-order valence-electron chi connectivity index (χ3n) is 3.07. The molecule has 3 heteroatoms. The van der Waals surface area contributed by atoms with Gasteiger partial charge in [-0.05, 0) is 50.6 Å². The molecule has 0 unspecified atom stereocenters. The Balaban J connectivity index is 2.59. The van der Waals surface area contributed by atoms with Crippen molar-refractivity contribution >= 4 is 22.4 Å². The first kappa shape index (κ1) is 11.7. The number of nitrogens with two attached hydrogens (primary N) is 1. The number of nitrogen functional groups attached to an aromatic ring is 1. The van der Waals surface area contributed by atoms with Gasteiger partial charge in [-0.25, -0.2) is 4.98 Å². The summed E-state index contributed by atoms with van der Waals surface area (Å²) in [4.78, 5) is 7.00. The second-order valence-electron chi connectivity index (χ2n) is 4.25. The molecule has 0 aliphatic heterocycles. The van der Waals surface area contributed by atoms with Crippen LogP contribution in [0.1, 0.15) is 19.4 Å². The van der Waals surface area contributed by atoms with Crippen molar-refractivity contribution < 1.29 is 0 Å². The maximum Gasteiger partial charge on any atom is 0.132 e. The summed E-state index contributed by atoms with van der Waals surface area (Å²) < 4.78 is 0. The molecule has 0 saturated carbocycles. The van der Waals surface area contributed by atoms with Crippen molar-refractivity contribution in [1.29, 1.82) is 0 Å². The minimum atomic E-state index is 0.786. The molecular formula is C14H19N3. The Kier molecular flexibility index (Phi) is 3.18. The molecule has 0 amide bonds. The van der Waals surface area contributed by atoms with E-state index in [1.165, 1.54) is 5.56 Å². The van der Waals surface area contributed by atoms with Crippen LogP contribution in [0.2, 0.25) is 0 Å². The SMILES string of the molecule is CCN(CC)c1nc2ccc(N)cc2cc1C. The zero-order valence-electron chi connectivity index (χ0n) is 10.7. The Hall–Kier alpha value is -1.77. The van der Waals surface area contributed by atoms with Gasteiger partial charge in [0.25, 0.3) is 0 Å². The van der Waals surface area contributed by atoms with Crippen LogP contribution in [0.25, 0.3) is 10.9 Å². The molecule has 0 spiro atoms. The summed E-state index contributed by atoms with van der Waals surface area (Å²) >= 11 is 0. The van der Waals surface area contributed by atoms with E-state index in [9.17, 15) is 0 Å². The quantitative estimate of drug-likeness (QED) is 0.823. The zero-order valence-corrected chi connectivity index (χ0v) is 10.7. The van der Waals surface area contributed by atoms with E-state index in [-0.39, 0.29) is 0 Å². The Labute approximate surface area is 102 Å². The molecule has 0 saturated heterocycles. The Morgan fingerprint density at radius 1 is 1.18 bits per heavy atom. The third kappa shape index (κ3) is 2.18. The van der Waals surface area contributed by atoms with Gasteiger partial charge in [0, 0.05) is 24.2 Å². The molecule has 0 radical (unpaired) electrons. The fourth-order valence-electron chi connectivity index (χ4n) is 2.13. The van der Waals surface area contributed by atoms with E-state index in [1.807, 2.05) is 18.2 Å². The first-order valence-electron chi connectivity index (χ1n) is 6.07. The Morgan fingerprint density at radius 3 is 2.53 bits per heavy atom. The molecule has 17 heavy (non-hydrogen) atoms. The monoisotopic (exact) mass is 229 g/mol. The fraction of sp³-hybridized carbons (Fsp3) is 0.357. The topological polar surface area (TPSA) is 42.2 Å². The second-order valence-corrected chi connectivity index (χ2v) is 4.25. The lowest BCUT2D eigenvalue weighted by molar-refractivity contribution is 0.844. The highest BCUT2D eigenvalue weighted by atomic mass is 15.2. The van der Waals surface area contributed by atoms with Gasteiger partial charge in [-0.2, -0.15) is 0 Å². The fourth-order valence-corrected chi connectivity index (χ4v) is 2.13. The molecule has 90 valence electrons. The lowest BCUT2D eigenvalue weighted by Gasteiger charge is -2.22. The van der Waals surface area contributed by atoms with Gasteiger partial charge in [0.15, 0.2) is 0 Å².